The van der Waals surface area contributed by atoms with Gasteiger partial charge in [-0.25, -0.2) is 4.98 Å². The summed E-state index contributed by atoms with van der Waals surface area (Å²) >= 11 is 0. The second-order valence-corrected chi connectivity index (χ2v) is 7.90. The molecule has 5 nitrogen and oxygen atoms in total. The smallest absolute Gasteiger partial charge is 0.261 e. The number of nitrogens with one attached hydrogen (secondary N) is 1. The Balaban J connectivity index is 1.28. The monoisotopic (exact) mass is 421 g/mol. The molecule has 5 rings (SSSR count). The highest BCUT2D eigenvalue weighted by Crippen LogP contribution is 2.30. The SMILES string of the molecule is O=C1c2ccccc2C(=O)N1CCCCc1nc(-c2ccccc2)c(-c2ccccc2)[nH]1. The molecule has 0 unspecified atom stereocenters. The Morgan fingerprint density at radius 2 is 1.25 bits per heavy atom. The molecule has 1 N–H and O–H groups in total. The maximum Gasteiger partial charge on any atom is 0.261 e. The normalized spacial score (nSPS) is 12.9. The molecule has 2 heterocycles. The van der Waals surface area contributed by atoms with Crippen LogP contribution in [0.1, 0.15) is 39.4 Å². The lowest BCUT2D eigenvalue weighted by Crippen LogP contribution is -2.30. The van der Waals surface area contributed by atoms with Crippen LogP contribution in [0.25, 0.3) is 22.5 Å². The maximum absolute atomic E-state index is 12.5. The molecule has 1 aliphatic heterocycles. The number of unbranched alkanes of at least 4 members (excludes halogenated alkanes) is 1. The molecule has 4 aromatic rings. The standard InChI is InChI=1S/C27H23N3O2/c31-26-21-15-7-8-16-22(21)27(32)30(26)18-10-9-17-23-28-24(19-11-3-1-4-12-19)25(29-23)20-13-5-2-6-14-20/h1-8,11-16H,9-10,17-18H2,(H,28,29). The van der Waals surface area contributed by atoms with Crippen LogP contribution in [0.15, 0.2) is 84.9 Å². The molecule has 2 amide bonds. The summed E-state index contributed by atoms with van der Waals surface area (Å²) in [5.74, 6) is 0.521. The van der Waals surface area contributed by atoms with E-state index in [1.807, 2.05) is 36.4 Å². The Hall–Kier alpha value is -3.99. The van der Waals surface area contributed by atoms with Gasteiger partial charge in [0, 0.05) is 24.1 Å². The Morgan fingerprint density at radius 3 is 1.88 bits per heavy atom. The van der Waals surface area contributed by atoms with Gasteiger partial charge in [-0.1, -0.05) is 72.8 Å². The van der Waals surface area contributed by atoms with Crippen LogP contribution in [0.3, 0.4) is 0 Å². The molecule has 0 saturated heterocycles. The highest BCUT2D eigenvalue weighted by Gasteiger charge is 2.34. The first-order valence-electron chi connectivity index (χ1n) is 10.9. The van der Waals surface area contributed by atoms with E-state index in [0.29, 0.717) is 17.7 Å². The van der Waals surface area contributed by atoms with Crippen molar-refractivity contribution in [2.45, 2.75) is 19.3 Å². The van der Waals surface area contributed by atoms with Gasteiger partial charge in [0.25, 0.3) is 11.8 Å². The van der Waals surface area contributed by atoms with Gasteiger partial charge in [-0.05, 0) is 25.0 Å². The van der Waals surface area contributed by atoms with Crippen molar-refractivity contribution in [1.82, 2.24) is 14.9 Å². The van der Waals surface area contributed by atoms with Gasteiger partial charge >= 0.3 is 0 Å². The number of benzene rings is 3. The van der Waals surface area contributed by atoms with E-state index in [9.17, 15) is 9.59 Å². The first-order valence-corrected chi connectivity index (χ1v) is 10.9. The van der Waals surface area contributed by atoms with E-state index in [1.165, 1.54) is 4.90 Å². The number of hydrogen-bond donors (Lipinski definition) is 1. The molecule has 0 fully saturated rings. The van der Waals surface area contributed by atoms with E-state index in [-0.39, 0.29) is 11.8 Å². The number of hydrogen-bond acceptors (Lipinski definition) is 3. The summed E-state index contributed by atoms with van der Waals surface area (Å²) in [5, 5.41) is 0. The van der Waals surface area contributed by atoms with Gasteiger partial charge < -0.3 is 4.98 Å². The predicted molar refractivity (Wildman–Crippen MR) is 124 cm³/mol. The number of carbonyl (C=O) groups excluding carboxylic acids is 2. The third kappa shape index (κ3) is 3.73. The van der Waals surface area contributed by atoms with Crippen molar-refractivity contribution in [1.29, 1.82) is 0 Å². The van der Waals surface area contributed by atoms with E-state index < -0.39 is 0 Å². The van der Waals surface area contributed by atoms with Crippen LogP contribution >= 0.6 is 0 Å². The van der Waals surface area contributed by atoms with Gasteiger partial charge in [0.2, 0.25) is 0 Å². The zero-order chi connectivity index (χ0) is 21.9. The molecule has 32 heavy (non-hydrogen) atoms. The number of imidazole rings is 1. The number of amides is 2. The minimum atomic E-state index is -0.193. The fourth-order valence-electron chi connectivity index (χ4n) is 4.16. The summed E-state index contributed by atoms with van der Waals surface area (Å²) in [6.45, 7) is 0.421. The van der Waals surface area contributed by atoms with Gasteiger partial charge in [0.1, 0.15) is 5.82 Å². The molecule has 1 aliphatic rings. The summed E-state index contributed by atoms with van der Waals surface area (Å²) in [7, 11) is 0. The van der Waals surface area contributed by atoms with Gasteiger partial charge in [0.15, 0.2) is 0 Å². The second-order valence-electron chi connectivity index (χ2n) is 7.90. The van der Waals surface area contributed by atoms with Crippen LogP contribution in [0.4, 0.5) is 0 Å². The van der Waals surface area contributed by atoms with E-state index in [0.717, 1.165) is 47.6 Å². The molecular formula is C27H23N3O2. The summed E-state index contributed by atoms with van der Waals surface area (Å²) < 4.78 is 0. The third-order valence-electron chi connectivity index (χ3n) is 5.79. The first-order chi connectivity index (χ1) is 15.7. The number of carbonyl (C=O) groups is 2. The Bertz CT molecular complexity index is 1170. The van der Waals surface area contributed by atoms with Crippen molar-refractivity contribution in [2.75, 3.05) is 6.54 Å². The maximum atomic E-state index is 12.5. The Morgan fingerprint density at radius 1 is 0.688 bits per heavy atom. The Kier molecular flexibility index (Phi) is 5.38. The van der Waals surface area contributed by atoms with Crippen molar-refractivity contribution >= 4 is 11.8 Å². The molecule has 3 aromatic carbocycles. The molecular weight excluding hydrogens is 398 g/mol. The molecule has 0 saturated carbocycles. The van der Waals surface area contributed by atoms with E-state index in [1.54, 1.807) is 24.3 Å². The highest BCUT2D eigenvalue weighted by molar-refractivity contribution is 6.21. The lowest BCUT2D eigenvalue weighted by Gasteiger charge is -2.13. The fraction of sp³-hybridized carbons (Fsp3) is 0.148. The van der Waals surface area contributed by atoms with Crippen molar-refractivity contribution in [3.8, 4) is 22.5 Å². The Labute approximate surface area is 186 Å². The lowest BCUT2D eigenvalue weighted by molar-refractivity contribution is 0.0652. The highest BCUT2D eigenvalue weighted by atomic mass is 16.2. The number of fused-ring (bicyclic) bond motifs is 1. The summed E-state index contributed by atoms with van der Waals surface area (Å²) in [5.41, 5.74) is 5.11. The fourth-order valence-corrected chi connectivity index (χ4v) is 4.16. The number of rotatable bonds is 7. The largest absolute Gasteiger partial charge is 0.341 e. The van der Waals surface area contributed by atoms with E-state index in [4.69, 9.17) is 4.98 Å². The average Bonchev–Trinajstić information content (AvgIpc) is 3.38. The third-order valence-corrected chi connectivity index (χ3v) is 5.79. The minimum Gasteiger partial charge on any atom is -0.341 e. The van der Waals surface area contributed by atoms with Crippen molar-refractivity contribution in [3.63, 3.8) is 0 Å². The van der Waals surface area contributed by atoms with Crippen LogP contribution < -0.4 is 0 Å². The molecule has 0 spiro atoms. The number of aryl methyl sites for hydroxylation is 1. The van der Waals surface area contributed by atoms with Gasteiger partial charge in [0.05, 0.1) is 22.5 Å². The van der Waals surface area contributed by atoms with Gasteiger partial charge in [-0.3, -0.25) is 14.5 Å². The molecule has 1 aromatic heterocycles. The van der Waals surface area contributed by atoms with Crippen LogP contribution in [-0.2, 0) is 6.42 Å². The number of H-pyrrole nitrogens is 1. The molecule has 5 heteroatoms. The van der Waals surface area contributed by atoms with Gasteiger partial charge in [-0.15, -0.1) is 0 Å². The van der Waals surface area contributed by atoms with Crippen molar-refractivity contribution in [3.05, 3.63) is 102 Å². The summed E-state index contributed by atoms with van der Waals surface area (Å²) in [4.78, 5) is 34.8. The number of aromatic nitrogens is 2. The number of imide groups is 1. The van der Waals surface area contributed by atoms with E-state index in [2.05, 4.69) is 29.2 Å². The average molecular weight is 422 g/mol. The topological polar surface area (TPSA) is 66.1 Å². The van der Waals surface area contributed by atoms with Crippen LogP contribution in [0, 0.1) is 0 Å². The molecule has 0 aliphatic carbocycles. The van der Waals surface area contributed by atoms with Crippen molar-refractivity contribution in [2.24, 2.45) is 0 Å². The number of aromatic amines is 1. The second kappa shape index (κ2) is 8.63. The molecule has 0 bridgehead atoms. The van der Waals surface area contributed by atoms with Gasteiger partial charge in [-0.2, -0.15) is 0 Å². The quantitative estimate of drug-likeness (QED) is 0.323. The molecule has 158 valence electrons. The zero-order valence-corrected chi connectivity index (χ0v) is 17.6. The first kappa shape index (κ1) is 19.9. The van der Waals surface area contributed by atoms with Crippen molar-refractivity contribution < 1.29 is 9.59 Å². The predicted octanol–water partition coefficient (Wildman–Crippen LogP) is 5.36. The van der Waals surface area contributed by atoms with Crippen LogP contribution in [-0.4, -0.2) is 33.2 Å². The zero-order valence-electron chi connectivity index (χ0n) is 17.6. The van der Waals surface area contributed by atoms with Crippen LogP contribution in [0.5, 0.6) is 0 Å². The molecule has 0 radical (unpaired) electrons. The van der Waals surface area contributed by atoms with Crippen LogP contribution in [0.2, 0.25) is 0 Å². The molecule has 0 atom stereocenters. The lowest BCUT2D eigenvalue weighted by atomic mass is 10.1. The summed E-state index contributed by atoms with van der Waals surface area (Å²) in [6, 6.07) is 27.4. The van der Waals surface area contributed by atoms with E-state index >= 15 is 0 Å². The number of nitrogens with zero attached hydrogens (tertiary/aromatic N) is 2. The summed E-state index contributed by atoms with van der Waals surface area (Å²) in [6.07, 6.45) is 2.30. The minimum absolute atomic E-state index is 0.193.